The quantitative estimate of drug-likeness (QED) is 0.629. The van der Waals surface area contributed by atoms with E-state index in [1.165, 1.54) is 11.1 Å². The van der Waals surface area contributed by atoms with Crippen LogP contribution in [0.3, 0.4) is 0 Å². The number of rotatable bonds is 6. The van der Waals surface area contributed by atoms with E-state index in [0.717, 1.165) is 5.69 Å². The zero-order chi connectivity index (χ0) is 17.5. The molecule has 1 atom stereocenters. The molecule has 0 saturated carbocycles. The van der Waals surface area contributed by atoms with Gasteiger partial charge in [0.15, 0.2) is 17.5 Å². The maximum absolute atomic E-state index is 5.95. The summed E-state index contributed by atoms with van der Waals surface area (Å²) in [5.41, 5.74) is 9.33. The lowest BCUT2D eigenvalue weighted by Gasteiger charge is -2.15. The summed E-state index contributed by atoms with van der Waals surface area (Å²) < 4.78 is 11.1. The molecule has 0 amide bonds. The maximum Gasteiger partial charge on any atom is 0.193 e. The molecule has 128 valence electrons. The Balaban J connectivity index is 1.92. The van der Waals surface area contributed by atoms with Crippen molar-refractivity contribution in [3.8, 4) is 11.5 Å². The number of hydrogen-bond acceptors (Lipinski definition) is 3. The molecule has 0 aliphatic rings. The first-order valence-electron chi connectivity index (χ1n) is 7.93. The molecule has 1 unspecified atom stereocenters. The Hall–Kier alpha value is -2.69. The van der Waals surface area contributed by atoms with Crippen molar-refractivity contribution in [2.45, 2.75) is 26.9 Å². The SMILES string of the molecule is COc1ccccc1OC(C)CN=C(N)Nc1ccc(C)c(C)c1. The second-order valence-corrected chi connectivity index (χ2v) is 5.73. The van der Waals surface area contributed by atoms with Crippen LogP contribution in [0.25, 0.3) is 0 Å². The van der Waals surface area contributed by atoms with Crippen LogP contribution in [0.4, 0.5) is 5.69 Å². The Morgan fingerprint density at radius 1 is 1.12 bits per heavy atom. The lowest BCUT2D eigenvalue weighted by atomic mass is 10.1. The second-order valence-electron chi connectivity index (χ2n) is 5.73. The molecule has 2 rings (SSSR count). The van der Waals surface area contributed by atoms with Crippen molar-refractivity contribution < 1.29 is 9.47 Å². The summed E-state index contributed by atoms with van der Waals surface area (Å²) in [6, 6.07) is 13.6. The molecule has 0 heterocycles. The van der Waals surface area contributed by atoms with Gasteiger partial charge >= 0.3 is 0 Å². The highest BCUT2D eigenvalue weighted by Gasteiger charge is 2.08. The van der Waals surface area contributed by atoms with E-state index < -0.39 is 0 Å². The number of anilines is 1. The molecule has 2 aromatic carbocycles. The fourth-order valence-corrected chi connectivity index (χ4v) is 2.20. The molecule has 0 aliphatic heterocycles. The molecular formula is C19H25N3O2. The van der Waals surface area contributed by atoms with Gasteiger partial charge in [0.05, 0.1) is 13.7 Å². The van der Waals surface area contributed by atoms with Gasteiger partial charge in [-0.2, -0.15) is 0 Å². The summed E-state index contributed by atoms with van der Waals surface area (Å²) >= 11 is 0. The maximum atomic E-state index is 5.95. The molecule has 5 nitrogen and oxygen atoms in total. The van der Waals surface area contributed by atoms with Gasteiger partial charge in [-0.1, -0.05) is 18.2 Å². The average molecular weight is 327 g/mol. The number of aryl methyl sites for hydroxylation is 2. The number of ether oxygens (including phenoxy) is 2. The van der Waals surface area contributed by atoms with Crippen LogP contribution in [0.1, 0.15) is 18.1 Å². The number of para-hydroxylation sites is 2. The first-order chi connectivity index (χ1) is 11.5. The van der Waals surface area contributed by atoms with Gasteiger partial charge in [0.25, 0.3) is 0 Å². The number of nitrogens with two attached hydrogens (primary N) is 1. The normalized spacial score (nSPS) is 12.6. The van der Waals surface area contributed by atoms with Crippen LogP contribution in [0.5, 0.6) is 11.5 Å². The number of guanidine groups is 1. The van der Waals surface area contributed by atoms with Crippen LogP contribution in [0.2, 0.25) is 0 Å². The predicted molar refractivity (Wildman–Crippen MR) is 99.1 cm³/mol. The van der Waals surface area contributed by atoms with Crippen molar-refractivity contribution in [2.24, 2.45) is 10.7 Å². The van der Waals surface area contributed by atoms with E-state index in [4.69, 9.17) is 15.2 Å². The molecule has 0 fully saturated rings. The van der Waals surface area contributed by atoms with Gasteiger partial charge in [0, 0.05) is 5.69 Å². The van der Waals surface area contributed by atoms with E-state index in [2.05, 4.69) is 30.2 Å². The van der Waals surface area contributed by atoms with Gasteiger partial charge in [-0.05, 0) is 56.2 Å². The summed E-state index contributed by atoms with van der Waals surface area (Å²) in [7, 11) is 1.62. The van der Waals surface area contributed by atoms with Gasteiger partial charge in [-0.15, -0.1) is 0 Å². The van der Waals surface area contributed by atoms with Gasteiger partial charge in [-0.25, -0.2) is 4.99 Å². The van der Waals surface area contributed by atoms with Gasteiger partial charge in [-0.3, -0.25) is 0 Å². The molecule has 24 heavy (non-hydrogen) atoms. The first-order valence-corrected chi connectivity index (χ1v) is 7.93. The number of benzene rings is 2. The Bertz CT molecular complexity index is 714. The van der Waals surface area contributed by atoms with E-state index >= 15 is 0 Å². The number of aliphatic imine (C=N–C) groups is 1. The topological polar surface area (TPSA) is 68.9 Å². The Labute approximate surface area is 143 Å². The lowest BCUT2D eigenvalue weighted by molar-refractivity contribution is 0.219. The summed E-state index contributed by atoms with van der Waals surface area (Å²) in [6.07, 6.45) is -0.124. The van der Waals surface area contributed by atoms with Crippen LogP contribution in [0, 0.1) is 13.8 Å². The van der Waals surface area contributed by atoms with Crippen LogP contribution in [-0.2, 0) is 0 Å². The molecule has 2 aromatic rings. The highest BCUT2D eigenvalue weighted by atomic mass is 16.5. The lowest BCUT2D eigenvalue weighted by Crippen LogP contribution is -2.25. The van der Waals surface area contributed by atoms with Gasteiger partial charge in [0.1, 0.15) is 6.10 Å². The van der Waals surface area contributed by atoms with Crippen molar-refractivity contribution >= 4 is 11.6 Å². The van der Waals surface area contributed by atoms with Crippen molar-refractivity contribution in [1.29, 1.82) is 0 Å². The summed E-state index contributed by atoms with van der Waals surface area (Å²) in [6.45, 7) is 6.53. The van der Waals surface area contributed by atoms with Crippen molar-refractivity contribution in [3.63, 3.8) is 0 Å². The largest absolute Gasteiger partial charge is 0.493 e. The van der Waals surface area contributed by atoms with Crippen molar-refractivity contribution in [3.05, 3.63) is 53.6 Å². The van der Waals surface area contributed by atoms with Crippen LogP contribution in [-0.4, -0.2) is 25.7 Å². The third-order valence-corrected chi connectivity index (χ3v) is 3.70. The van der Waals surface area contributed by atoms with Gasteiger partial charge < -0.3 is 20.5 Å². The predicted octanol–water partition coefficient (Wildman–Crippen LogP) is 3.51. The molecule has 5 heteroatoms. The first kappa shape index (κ1) is 17.7. The Morgan fingerprint density at radius 2 is 1.83 bits per heavy atom. The zero-order valence-corrected chi connectivity index (χ0v) is 14.7. The molecule has 0 spiro atoms. The minimum absolute atomic E-state index is 0.124. The highest BCUT2D eigenvalue weighted by molar-refractivity contribution is 5.92. The van der Waals surface area contributed by atoms with E-state index in [-0.39, 0.29) is 6.10 Å². The van der Waals surface area contributed by atoms with E-state index in [0.29, 0.717) is 24.0 Å². The van der Waals surface area contributed by atoms with Gasteiger partial charge in [0.2, 0.25) is 0 Å². The monoisotopic (exact) mass is 327 g/mol. The molecule has 0 aromatic heterocycles. The molecule has 0 bridgehead atoms. The Kier molecular flexibility index (Phi) is 6.07. The zero-order valence-electron chi connectivity index (χ0n) is 14.7. The van der Waals surface area contributed by atoms with Crippen LogP contribution < -0.4 is 20.5 Å². The fraction of sp³-hybridized carbons (Fsp3) is 0.316. The number of nitrogens with zero attached hydrogens (tertiary/aromatic N) is 1. The second kappa shape index (κ2) is 8.24. The standard InChI is InChI=1S/C19H25N3O2/c1-13-9-10-16(11-14(13)2)22-19(20)21-12-15(3)24-18-8-6-5-7-17(18)23-4/h5-11,15H,12H2,1-4H3,(H3,20,21,22). The minimum Gasteiger partial charge on any atom is -0.493 e. The van der Waals surface area contributed by atoms with E-state index in [9.17, 15) is 0 Å². The molecule has 0 saturated heterocycles. The number of nitrogens with one attached hydrogen (secondary N) is 1. The summed E-state index contributed by atoms with van der Waals surface area (Å²) in [5, 5.41) is 3.10. The van der Waals surface area contributed by atoms with Crippen LogP contribution in [0.15, 0.2) is 47.5 Å². The summed E-state index contributed by atoms with van der Waals surface area (Å²) in [4.78, 5) is 4.34. The summed E-state index contributed by atoms with van der Waals surface area (Å²) in [5.74, 6) is 1.77. The van der Waals surface area contributed by atoms with E-state index in [1.54, 1.807) is 7.11 Å². The molecule has 0 radical (unpaired) electrons. The number of hydrogen-bond donors (Lipinski definition) is 2. The smallest absolute Gasteiger partial charge is 0.193 e. The molecular weight excluding hydrogens is 302 g/mol. The third kappa shape index (κ3) is 4.91. The molecule has 0 aliphatic carbocycles. The van der Waals surface area contributed by atoms with Crippen LogP contribution >= 0.6 is 0 Å². The highest BCUT2D eigenvalue weighted by Crippen LogP contribution is 2.26. The third-order valence-electron chi connectivity index (χ3n) is 3.70. The molecule has 3 N–H and O–H groups in total. The van der Waals surface area contributed by atoms with Crippen molar-refractivity contribution in [2.75, 3.05) is 19.0 Å². The van der Waals surface area contributed by atoms with E-state index in [1.807, 2.05) is 43.3 Å². The average Bonchev–Trinajstić information content (AvgIpc) is 2.57. The minimum atomic E-state index is -0.124. The Morgan fingerprint density at radius 3 is 2.50 bits per heavy atom. The van der Waals surface area contributed by atoms with Crippen molar-refractivity contribution in [1.82, 2.24) is 0 Å². The fourth-order valence-electron chi connectivity index (χ4n) is 2.20. The number of methoxy groups -OCH3 is 1.